The standard InChI is InChI=1S/C15H10ClFN6OS/c16-11-6-9-12(13(17)20-11)24-10-2-1-7(22-23-19)5-8(10)15(9)3-4-25-14(18)21-15/h1-2,5-6H,3-4H2,(H2,18,21). The number of hydrogen-bond acceptors (Lipinski definition) is 6. The molecular formula is C15H10ClFN6OS. The van der Waals surface area contributed by atoms with Crippen LogP contribution < -0.4 is 10.5 Å². The van der Waals surface area contributed by atoms with Crippen LogP contribution in [0.3, 0.4) is 0 Å². The summed E-state index contributed by atoms with van der Waals surface area (Å²) in [5.41, 5.74) is 15.2. The Kier molecular flexibility index (Phi) is 3.72. The molecule has 3 heterocycles. The van der Waals surface area contributed by atoms with Crippen LogP contribution in [0.25, 0.3) is 10.4 Å². The van der Waals surface area contributed by atoms with Crippen molar-refractivity contribution in [1.29, 1.82) is 0 Å². The molecule has 0 saturated carbocycles. The molecule has 7 nitrogen and oxygen atoms in total. The summed E-state index contributed by atoms with van der Waals surface area (Å²) in [5, 5.41) is 4.01. The van der Waals surface area contributed by atoms with Gasteiger partial charge in [-0.2, -0.15) is 4.39 Å². The predicted octanol–water partition coefficient (Wildman–Crippen LogP) is 4.62. The number of nitrogens with zero attached hydrogens (tertiary/aromatic N) is 5. The molecule has 0 amide bonds. The number of benzene rings is 1. The summed E-state index contributed by atoms with van der Waals surface area (Å²) in [4.78, 5) is 11.1. The van der Waals surface area contributed by atoms with Crippen LogP contribution in [0.4, 0.5) is 10.1 Å². The molecule has 25 heavy (non-hydrogen) atoms. The summed E-state index contributed by atoms with van der Waals surface area (Å²) in [6.45, 7) is 0. The molecule has 1 spiro atoms. The van der Waals surface area contributed by atoms with Gasteiger partial charge < -0.3 is 10.5 Å². The van der Waals surface area contributed by atoms with Crippen molar-refractivity contribution in [2.24, 2.45) is 15.8 Å². The van der Waals surface area contributed by atoms with Gasteiger partial charge in [0.1, 0.15) is 16.4 Å². The summed E-state index contributed by atoms with van der Waals surface area (Å²) in [6, 6.07) is 6.42. The number of aliphatic imine (C=N–C) groups is 1. The third kappa shape index (κ3) is 2.48. The summed E-state index contributed by atoms with van der Waals surface area (Å²) in [7, 11) is 0. The van der Waals surface area contributed by atoms with Gasteiger partial charge in [-0.05, 0) is 36.2 Å². The number of pyridine rings is 1. The minimum atomic E-state index is -0.966. The minimum Gasteiger partial charge on any atom is -0.452 e. The highest BCUT2D eigenvalue weighted by Gasteiger charge is 2.45. The maximum atomic E-state index is 14.4. The second-order valence-electron chi connectivity index (χ2n) is 5.49. The quantitative estimate of drug-likeness (QED) is 0.339. The van der Waals surface area contributed by atoms with Crippen LogP contribution in [-0.4, -0.2) is 15.9 Å². The van der Waals surface area contributed by atoms with Crippen LogP contribution in [0, 0.1) is 5.95 Å². The Hall–Kier alpha value is -2.48. The topological polar surface area (TPSA) is 109 Å². The first-order chi connectivity index (χ1) is 12.0. The van der Waals surface area contributed by atoms with Gasteiger partial charge in [-0.15, -0.1) is 0 Å². The number of azide groups is 1. The van der Waals surface area contributed by atoms with Gasteiger partial charge >= 0.3 is 0 Å². The fourth-order valence-corrected chi connectivity index (χ4v) is 4.16. The molecule has 0 radical (unpaired) electrons. The van der Waals surface area contributed by atoms with Gasteiger partial charge in [-0.25, -0.2) is 9.98 Å². The Morgan fingerprint density at radius 1 is 1.40 bits per heavy atom. The smallest absolute Gasteiger partial charge is 0.257 e. The Balaban J connectivity index is 2.06. The number of nitrogens with two attached hydrogens (primary N) is 1. The molecule has 10 heteroatoms. The Bertz CT molecular complexity index is 977. The van der Waals surface area contributed by atoms with E-state index in [0.717, 1.165) is 0 Å². The van der Waals surface area contributed by atoms with E-state index >= 15 is 0 Å². The molecule has 0 bridgehead atoms. The maximum Gasteiger partial charge on any atom is 0.257 e. The fraction of sp³-hybridized carbons (Fsp3) is 0.200. The number of halogens is 2. The van der Waals surface area contributed by atoms with Crippen molar-refractivity contribution in [1.82, 2.24) is 4.98 Å². The number of rotatable bonds is 1. The van der Waals surface area contributed by atoms with Crippen LogP contribution in [0.2, 0.25) is 5.15 Å². The van der Waals surface area contributed by atoms with Gasteiger partial charge in [0.25, 0.3) is 5.95 Å². The van der Waals surface area contributed by atoms with E-state index in [-0.39, 0.29) is 10.9 Å². The van der Waals surface area contributed by atoms with Gasteiger partial charge in [0.15, 0.2) is 10.9 Å². The summed E-state index contributed by atoms with van der Waals surface area (Å²) in [6.07, 6.45) is 0.557. The van der Waals surface area contributed by atoms with Crippen LogP contribution in [0.5, 0.6) is 11.5 Å². The SMILES string of the molecule is [N-]=[N+]=Nc1ccc2c(c1)C1(CCSC(N)=N1)c1cc(Cl)nc(F)c1O2. The van der Waals surface area contributed by atoms with E-state index < -0.39 is 11.5 Å². The molecule has 0 fully saturated rings. The van der Waals surface area contributed by atoms with Crippen molar-refractivity contribution in [2.45, 2.75) is 12.0 Å². The van der Waals surface area contributed by atoms with Gasteiger partial charge in [-0.3, -0.25) is 0 Å². The third-order valence-corrected chi connectivity index (χ3v) is 5.13. The first-order valence-electron chi connectivity index (χ1n) is 7.25. The van der Waals surface area contributed by atoms with Crippen molar-refractivity contribution >= 4 is 34.2 Å². The molecule has 0 aliphatic carbocycles. The molecule has 1 aromatic heterocycles. The Morgan fingerprint density at radius 3 is 3.00 bits per heavy atom. The largest absolute Gasteiger partial charge is 0.452 e. The first-order valence-corrected chi connectivity index (χ1v) is 8.62. The highest BCUT2D eigenvalue weighted by molar-refractivity contribution is 8.13. The van der Waals surface area contributed by atoms with Crippen LogP contribution >= 0.6 is 23.4 Å². The Labute approximate surface area is 150 Å². The normalized spacial score (nSPS) is 20.8. The lowest BCUT2D eigenvalue weighted by Crippen LogP contribution is -2.35. The summed E-state index contributed by atoms with van der Waals surface area (Å²) in [5.74, 6) is 0.271. The number of aromatic nitrogens is 1. The summed E-state index contributed by atoms with van der Waals surface area (Å²) >= 11 is 7.39. The van der Waals surface area contributed by atoms with Gasteiger partial charge in [0, 0.05) is 27.5 Å². The van der Waals surface area contributed by atoms with Gasteiger partial charge in [-0.1, -0.05) is 28.5 Å². The first kappa shape index (κ1) is 16.0. The zero-order chi connectivity index (χ0) is 17.6. The molecule has 4 rings (SSSR count). The number of amidine groups is 1. The molecule has 1 aromatic carbocycles. The second-order valence-corrected chi connectivity index (χ2v) is 7.00. The van der Waals surface area contributed by atoms with Crippen molar-refractivity contribution in [3.63, 3.8) is 0 Å². The van der Waals surface area contributed by atoms with Crippen molar-refractivity contribution in [3.8, 4) is 11.5 Å². The molecule has 1 unspecified atom stereocenters. The number of fused-ring (bicyclic) bond motifs is 4. The van der Waals surface area contributed by atoms with Crippen molar-refractivity contribution in [2.75, 3.05) is 5.75 Å². The van der Waals surface area contributed by atoms with Crippen LogP contribution in [-0.2, 0) is 5.54 Å². The van der Waals surface area contributed by atoms with E-state index in [4.69, 9.17) is 27.6 Å². The van der Waals surface area contributed by atoms with E-state index in [1.807, 2.05) is 0 Å². The Morgan fingerprint density at radius 2 is 2.24 bits per heavy atom. The van der Waals surface area contributed by atoms with Gasteiger partial charge in [0.2, 0.25) is 0 Å². The molecule has 2 N–H and O–H groups in total. The molecule has 2 aromatic rings. The van der Waals surface area contributed by atoms with Crippen molar-refractivity contribution < 1.29 is 9.13 Å². The minimum absolute atomic E-state index is 0.000809. The second kappa shape index (κ2) is 5.80. The zero-order valence-corrected chi connectivity index (χ0v) is 14.2. The highest BCUT2D eigenvalue weighted by Crippen LogP contribution is 2.54. The van der Waals surface area contributed by atoms with E-state index in [9.17, 15) is 4.39 Å². The van der Waals surface area contributed by atoms with Crippen LogP contribution in [0.1, 0.15) is 17.5 Å². The fourth-order valence-electron chi connectivity index (χ4n) is 3.15. The van der Waals surface area contributed by atoms with Crippen LogP contribution in [0.15, 0.2) is 34.4 Å². The lowest BCUT2D eigenvalue weighted by atomic mass is 9.78. The molecular weight excluding hydrogens is 367 g/mol. The lowest BCUT2D eigenvalue weighted by molar-refractivity contribution is 0.362. The number of thioether (sulfide) groups is 1. The summed E-state index contributed by atoms with van der Waals surface area (Å²) < 4.78 is 20.1. The van der Waals surface area contributed by atoms with E-state index in [1.54, 1.807) is 18.2 Å². The third-order valence-electron chi connectivity index (χ3n) is 4.14. The number of ether oxygens (including phenoxy) is 1. The number of hydrogen-bond donors (Lipinski definition) is 1. The van der Waals surface area contributed by atoms with E-state index in [2.05, 4.69) is 20.0 Å². The van der Waals surface area contributed by atoms with E-state index in [1.165, 1.54) is 17.8 Å². The molecule has 126 valence electrons. The van der Waals surface area contributed by atoms with E-state index in [0.29, 0.717) is 39.9 Å². The highest BCUT2D eigenvalue weighted by atomic mass is 35.5. The van der Waals surface area contributed by atoms with Gasteiger partial charge in [0.05, 0.1) is 0 Å². The monoisotopic (exact) mass is 376 g/mol. The average molecular weight is 377 g/mol. The molecule has 0 saturated heterocycles. The zero-order valence-electron chi connectivity index (χ0n) is 12.6. The predicted molar refractivity (Wildman–Crippen MR) is 94.0 cm³/mol. The molecule has 2 aliphatic rings. The molecule has 1 atom stereocenters. The lowest BCUT2D eigenvalue weighted by Gasteiger charge is -2.39. The van der Waals surface area contributed by atoms with Crippen molar-refractivity contribution in [3.05, 3.63) is 56.9 Å². The molecule has 2 aliphatic heterocycles. The average Bonchev–Trinajstić information content (AvgIpc) is 2.57. The maximum absolute atomic E-state index is 14.4.